The fourth-order valence-corrected chi connectivity index (χ4v) is 1.98. The third-order valence-corrected chi connectivity index (χ3v) is 3.16. The molecule has 0 spiro atoms. The molecular formula is C19H21NO2. The lowest BCUT2D eigenvalue weighted by molar-refractivity contribution is -0.116. The fraction of sp³-hybridized carbons (Fsp3) is 0.211. The Morgan fingerprint density at radius 2 is 1.86 bits per heavy atom. The number of nitrogens with one attached hydrogen (secondary N) is 1. The zero-order valence-corrected chi connectivity index (χ0v) is 13.0. The van der Waals surface area contributed by atoms with Gasteiger partial charge in [0.2, 0.25) is 5.91 Å². The molecule has 0 saturated heterocycles. The topological polar surface area (TPSA) is 38.3 Å². The van der Waals surface area contributed by atoms with Crippen molar-refractivity contribution in [3.63, 3.8) is 0 Å². The Bertz CT molecular complexity index is 645. The molecule has 2 aromatic rings. The highest BCUT2D eigenvalue weighted by atomic mass is 16.5. The molecule has 0 fully saturated rings. The first-order valence-corrected chi connectivity index (χ1v) is 7.35. The number of carbonyl (C=O) groups is 1. The average molecular weight is 295 g/mol. The van der Waals surface area contributed by atoms with Crippen LogP contribution in [0.1, 0.15) is 16.7 Å². The van der Waals surface area contributed by atoms with E-state index in [-0.39, 0.29) is 5.91 Å². The van der Waals surface area contributed by atoms with Crippen molar-refractivity contribution in [2.75, 3.05) is 13.2 Å². The van der Waals surface area contributed by atoms with E-state index in [1.54, 1.807) is 6.08 Å². The van der Waals surface area contributed by atoms with Crippen molar-refractivity contribution in [2.45, 2.75) is 13.8 Å². The number of hydrogen-bond donors (Lipinski definition) is 1. The Balaban J connectivity index is 1.70. The molecule has 0 heterocycles. The molecule has 0 atom stereocenters. The van der Waals surface area contributed by atoms with Gasteiger partial charge in [-0.1, -0.05) is 47.5 Å². The van der Waals surface area contributed by atoms with Gasteiger partial charge < -0.3 is 10.1 Å². The Morgan fingerprint density at radius 1 is 1.09 bits per heavy atom. The standard InChI is InChI=1S/C19H21NO2/c1-15-6-9-18(10-7-15)22-13-12-20-19(21)11-8-17-5-3-4-16(2)14-17/h3-11,14H,12-13H2,1-2H3,(H,20,21). The van der Waals surface area contributed by atoms with Crippen LogP contribution in [0.3, 0.4) is 0 Å². The zero-order chi connectivity index (χ0) is 15.8. The number of hydrogen-bond acceptors (Lipinski definition) is 2. The highest BCUT2D eigenvalue weighted by molar-refractivity contribution is 5.91. The maximum Gasteiger partial charge on any atom is 0.244 e. The molecule has 2 rings (SSSR count). The van der Waals surface area contributed by atoms with Crippen molar-refractivity contribution >= 4 is 12.0 Å². The number of amides is 1. The van der Waals surface area contributed by atoms with Crippen molar-refractivity contribution in [1.29, 1.82) is 0 Å². The Kier molecular flexibility index (Phi) is 5.78. The lowest BCUT2D eigenvalue weighted by atomic mass is 10.1. The quantitative estimate of drug-likeness (QED) is 0.654. The van der Waals surface area contributed by atoms with Crippen LogP contribution in [-0.4, -0.2) is 19.1 Å². The molecule has 0 aromatic heterocycles. The van der Waals surface area contributed by atoms with Crippen molar-refractivity contribution in [3.05, 3.63) is 71.3 Å². The smallest absolute Gasteiger partial charge is 0.244 e. The summed E-state index contributed by atoms with van der Waals surface area (Å²) in [6, 6.07) is 15.9. The number of carbonyl (C=O) groups excluding carboxylic acids is 1. The van der Waals surface area contributed by atoms with Gasteiger partial charge in [-0.2, -0.15) is 0 Å². The first kappa shape index (κ1) is 15.8. The maximum atomic E-state index is 11.7. The summed E-state index contributed by atoms with van der Waals surface area (Å²) < 4.78 is 5.55. The van der Waals surface area contributed by atoms with Gasteiger partial charge in [0, 0.05) is 6.08 Å². The first-order chi connectivity index (χ1) is 10.6. The van der Waals surface area contributed by atoms with E-state index in [1.807, 2.05) is 68.5 Å². The SMILES string of the molecule is Cc1ccc(OCCNC(=O)C=Cc2cccc(C)c2)cc1. The van der Waals surface area contributed by atoms with Crippen molar-refractivity contribution in [3.8, 4) is 5.75 Å². The third-order valence-electron chi connectivity index (χ3n) is 3.16. The summed E-state index contributed by atoms with van der Waals surface area (Å²) in [5.41, 5.74) is 3.39. The summed E-state index contributed by atoms with van der Waals surface area (Å²) in [5.74, 6) is 0.698. The molecule has 0 unspecified atom stereocenters. The second kappa shape index (κ2) is 8.03. The van der Waals surface area contributed by atoms with Gasteiger partial charge in [-0.05, 0) is 37.6 Å². The fourth-order valence-electron chi connectivity index (χ4n) is 1.98. The molecule has 3 heteroatoms. The Labute approximate surface area is 131 Å². The van der Waals surface area contributed by atoms with Crippen LogP contribution in [0, 0.1) is 13.8 Å². The normalized spacial score (nSPS) is 10.6. The molecule has 3 nitrogen and oxygen atoms in total. The van der Waals surface area contributed by atoms with E-state index in [4.69, 9.17) is 4.74 Å². The number of benzene rings is 2. The van der Waals surface area contributed by atoms with E-state index in [9.17, 15) is 4.79 Å². The van der Waals surface area contributed by atoms with Crippen LogP contribution in [0.2, 0.25) is 0 Å². The van der Waals surface area contributed by atoms with Crippen molar-refractivity contribution in [1.82, 2.24) is 5.32 Å². The molecule has 0 bridgehead atoms. The van der Waals surface area contributed by atoms with Gasteiger partial charge in [0.15, 0.2) is 0 Å². The number of rotatable bonds is 6. The third kappa shape index (κ3) is 5.44. The van der Waals surface area contributed by atoms with Crippen LogP contribution in [0.25, 0.3) is 6.08 Å². The minimum atomic E-state index is -0.117. The zero-order valence-electron chi connectivity index (χ0n) is 13.0. The van der Waals surface area contributed by atoms with Gasteiger partial charge in [0.05, 0.1) is 6.54 Å². The molecular weight excluding hydrogens is 274 g/mol. The molecule has 114 valence electrons. The maximum absolute atomic E-state index is 11.7. The summed E-state index contributed by atoms with van der Waals surface area (Å²) >= 11 is 0. The molecule has 0 radical (unpaired) electrons. The molecule has 0 saturated carbocycles. The van der Waals surface area contributed by atoms with E-state index in [2.05, 4.69) is 5.32 Å². The van der Waals surface area contributed by atoms with E-state index in [1.165, 1.54) is 11.1 Å². The van der Waals surface area contributed by atoms with Gasteiger partial charge in [0.25, 0.3) is 0 Å². The van der Waals surface area contributed by atoms with E-state index in [0.29, 0.717) is 13.2 Å². The first-order valence-electron chi connectivity index (χ1n) is 7.35. The summed E-state index contributed by atoms with van der Waals surface area (Å²) in [6.07, 6.45) is 3.35. The van der Waals surface area contributed by atoms with E-state index in [0.717, 1.165) is 11.3 Å². The van der Waals surface area contributed by atoms with Crippen LogP contribution in [0.4, 0.5) is 0 Å². The minimum absolute atomic E-state index is 0.117. The highest BCUT2D eigenvalue weighted by Gasteiger charge is 1.97. The molecule has 0 aliphatic carbocycles. The van der Waals surface area contributed by atoms with Gasteiger partial charge >= 0.3 is 0 Å². The summed E-state index contributed by atoms with van der Waals surface area (Å²) in [5, 5.41) is 2.80. The highest BCUT2D eigenvalue weighted by Crippen LogP contribution is 2.10. The second-order valence-electron chi connectivity index (χ2n) is 5.20. The average Bonchev–Trinajstić information content (AvgIpc) is 2.51. The lowest BCUT2D eigenvalue weighted by Crippen LogP contribution is -2.26. The molecule has 1 amide bonds. The van der Waals surface area contributed by atoms with E-state index >= 15 is 0 Å². The van der Waals surface area contributed by atoms with Crippen molar-refractivity contribution < 1.29 is 9.53 Å². The predicted molar refractivity (Wildman–Crippen MR) is 89.9 cm³/mol. The summed E-state index contributed by atoms with van der Waals surface area (Å²) in [6.45, 7) is 4.99. The van der Waals surface area contributed by atoms with Gasteiger partial charge in [-0.3, -0.25) is 4.79 Å². The van der Waals surface area contributed by atoms with E-state index < -0.39 is 0 Å². The van der Waals surface area contributed by atoms with Crippen LogP contribution in [0.15, 0.2) is 54.6 Å². The Hall–Kier alpha value is -2.55. The minimum Gasteiger partial charge on any atom is -0.492 e. The summed E-state index contributed by atoms with van der Waals surface area (Å²) in [7, 11) is 0. The van der Waals surface area contributed by atoms with Crippen LogP contribution >= 0.6 is 0 Å². The largest absolute Gasteiger partial charge is 0.492 e. The summed E-state index contributed by atoms with van der Waals surface area (Å²) in [4.78, 5) is 11.7. The van der Waals surface area contributed by atoms with Gasteiger partial charge in [0.1, 0.15) is 12.4 Å². The lowest BCUT2D eigenvalue weighted by Gasteiger charge is -2.06. The molecule has 0 aliphatic rings. The van der Waals surface area contributed by atoms with Gasteiger partial charge in [-0.25, -0.2) is 0 Å². The predicted octanol–water partition coefficient (Wildman–Crippen LogP) is 3.51. The number of aryl methyl sites for hydroxylation is 2. The van der Waals surface area contributed by atoms with Crippen LogP contribution < -0.4 is 10.1 Å². The molecule has 22 heavy (non-hydrogen) atoms. The van der Waals surface area contributed by atoms with Crippen LogP contribution in [0.5, 0.6) is 5.75 Å². The van der Waals surface area contributed by atoms with Crippen molar-refractivity contribution in [2.24, 2.45) is 0 Å². The second-order valence-corrected chi connectivity index (χ2v) is 5.20. The van der Waals surface area contributed by atoms with Crippen LogP contribution in [-0.2, 0) is 4.79 Å². The molecule has 2 aromatic carbocycles. The molecule has 0 aliphatic heterocycles. The monoisotopic (exact) mass is 295 g/mol. The number of ether oxygens (including phenoxy) is 1. The Morgan fingerprint density at radius 3 is 2.59 bits per heavy atom. The van der Waals surface area contributed by atoms with Gasteiger partial charge in [-0.15, -0.1) is 0 Å². The molecule has 1 N–H and O–H groups in total.